The number of hydrogen-bond acceptors (Lipinski definition) is 8. The third-order valence-electron chi connectivity index (χ3n) is 5.89. The minimum atomic E-state index is -0.899. The smallest absolute Gasteiger partial charge is 0.347 e. The Morgan fingerprint density at radius 2 is 1.92 bits per heavy atom. The Morgan fingerprint density at radius 3 is 2.69 bits per heavy atom. The Bertz CT molecular complexity index is 1740. The summed E-state index contributed by atoms with van der Waals surface area (Å²) in [6.07, 6.45) is 0.557. The molecule has 0 amide bonds. The Morgan fingerprint density at radius 1 is 1.15 bits per heavy atom. The second kappa shape index (κ2) is 11.0. The number of aromatic nitrogens is 2. The molecule has 0 aliphatic heterocycles. The van der Waals surface area contributed by atoms with Crippen LogP contribution in [0.25, 0.3) is 33.5 Å². The largest absolute Gasteiger partial charge is 0.493 e. The number of para-hydroxylation sites is 2. The van der Waals surface area contributed by atoms with Crippen LogP contribution in [0.3, 0.4) is 0 Å². The number of fused-ring (bicyclic) bond motifs is 2. The van der Waals surface area contributed by atoms with Gasteiger partial charge < -0.3 is 18.6 Å². The van der Waals surface area contributed by atoms with Gasteiger partial charge in [0.05, 0.1) is 35.9 Å². The fourth-order valence-electron chi connectivity index (χ4n) is 4.02. The number of carbonyl (C=O) groups excluding carboxylic acids is 1. The second-order valence-electron chi connectivity index (χ2n) is 8.51. The van der Waals surface area contributed by atoms with Gasteiger partial charge in [0.25, 0.3) is 5.56 Å². The molecule has 0 spiro atoms. The molecule has 9 nitrogen and oxygen atoms in total. The van der Waals surface area contributed by atoms with Crippen LogP contribution < -0.4 is 15.0 Å². The molecule has 0 N–H and O–H groups in total. The first-order valence-electron chi connectivity index (χ1n) is 12.2. The van der Waals surface area contributed by atoms with Crippen LogP contribution in [0, 0.1) is 0 Å². The summed E-state index contributed by atoms with van der Waals surface area (Å²) in [5.74, 6) is 0.574. The highest BCUT2D eigenvalue weighted by Gasteiger charge is 2.21. The molecule has 39 heavy (non-hydrogen) atoms. The monoisotopic (exact) mass is 545 g/mol. The SMILES string of the molecule is CCOC(=O)[C@@H](C)Oc1c(Cl)cc(C=Nn2c(-c3cc4ccccc4o3)nc3ccccc3c2=O)cc1OC. The number of ether oxygens (including phenoxy) is 3. The summed E-state index contributed by atoms with van der Waals surface area (Å²) in [5, 5.41) is 5.92. The molecule has 0 saturated heterocycles. The van der Waals surface area contributed by atoms with Crippen LogP contribution in [0.4, 0.5) is 0 Å². The predicted molar refractivity (Wildman–Crippen MR) is 149 cm³/mol. The maximum absolute atomic E-state index is 13.5. The zero-order chi connectivity index (χ0) is 27.5. The number of hydrogen-bond donors (Lipinski definition) is 0. The summed E-state index contributed by atoms with van der Waals surface area (Å²) in [5.41, 5.74) is 1.33. The van der Waals surface area contributed by atoms with E-state index in [0.717, 1.165) is 5.39 Å². The van der Waals surface area contributed by atoms with Crippen LogP contribution in [0.1, 0.15) is 19.4 Å². The standard InChI is InChI=1S/C29H24ClN3O6/c1-4-37-29(35)17(2)38-26-21(30)13-18(14-24(26)36-3)16-31-33-27(25-15-19-9-5-8-12-23(19)39-25)32-22-11-7-6-10-20(22)28(33)34/h5-17H,4H2,1-3H3/t17-/m1/s1. The maximum Gasteiger partial charge on any atom is 0.347 e. The van der Waals surface area contributed by atoms with E-state index >= 15 is 0 Å². The molecule has 0 bridgehead atoms. The van der Waals surface area contributed by atoms with E-state index in [2.05, 4.69) is 10.1 Å². The molecule has 10 heteroatoms. The molecule has 0 aliphatic carbocycles. The normalized spacial score (nSPS) is 12.2. The van der Waals surface area contributed by atoms with E-state index in [1.807, 2.05) is 36.4 Å². The summed E-state index contributed by atoms with van der Waals surface area (Å²) < 4.78 is 23.4. The van der Waals surface area contributed by atoms with E-state index in [9.17, 15) is 9.59 Å². The summed E-state index contributed by atoms with van der Waals surface area (Å²) in [4.78, 5) is 30.2. The van der Waals surface area contributed by atoms with E-state index < -0.39 is 12.1 Å². The van der Waals surface area contributed by atoms with Gasteiger partial charge in [0.1, 0.15) is 5.58 Å². The van der Waals surface area contributed by atoms with Gasteiger partial charge in [-0.1, -0.05) is 41.9 Å². The summed E-state index contributed by atoms with van der Waals surface area (Å²) in [6, 6.07) is 19.6. The van der Waals surface area contributed by atoms with Gasteiger partial charge in [-0.15, -0.1) is 0 Å². The molecular formula is C29H24ClN3O6. The van der Waals surface area contributed by atoms with Gasteiger partial charge in [-0.3, -0.25) is 4.79 Å². The lowest BCUT2D eigenvalue weighted by atomic mass is 10.2. The lowest BCUT2D eigenvalue weighted by molar-refractivity contribution is -0.150. The van der Waals surface area contributed by atoms with E-state index in [1.165, 1.54) is 18.0 Å². The van der Waals surface area contributed by atoms with Crippen molar-refractivity contribution >= 4 is 45.7 Å². The van der Waals surface area contributed by atoms with Gasteiger partial charge in [0.15, 0.2) is 23.4 Å². The first kappa shape index (κ1) is 26.0. The van der Waals surface area contributed by atoms with E-state index in [4.69, 9.17) is 30.2 Å². The molecule has 198 valence electrons. The number of halogens is 1. The van der Waals surface area contributed by atoms with Crippen molar-refractivity contribution in [3.05, 3.63) is 87.7 Å². The Balaban J connectivity index is 1.57. The molecule has 2 aromatic heterocycles. The molecule has 0 unspecified atom stereocenters. The zero-order valence-corrected chi connectivity index (χ0v) is 22.1. The van der Waals surface area contributed by atoms with Crippen LogP contribution in [0.5, 0.6) is 11.5 Å². The van der Waals surface area contributed by atoms with Crippen LogP contribution >= 0.6 is 11.6 Å². The van der Waals surface area contributed by atoms with Crippen LogP contribution in [0.15, 0.2) is 81.0 Å². The Kier molecular flexibility index (Phi) is 7.33. The lowest BCUT2D eigenvalue weighted by Gasteiger charge is -2.17. The number of nitrogens with zero attached hydrogens (tertiary/aromatic N) is 3. The number of carbonyl (C=O) groups is 1. The van der Waals surface area contributed by atoms with Crippen molar-refractivity contribution in [1.82, 2.24) is 9.66 Å². The average molecular weight is 546 g/mol. The molecule has 0 radical (unpaired) electrons. The number of methoxy groups -OCH3 is 1. The fourth-order valence-corrected chi connectivity index (χ4v) is 4.28. The van der Waals surface area contributed by atoms with Gasteiger partial charge in [0.2, 0.25) is 5.82 Å². The number of furan rings is 1. The van der Waals surface area contributed by atoms with Crippen LogP contribution in [-0.2, 0) is 9.53 Å². The molecule has 0 aliphatic rings. The lowest BCUT2D eigenvalue weighted by Crippen LogP contribution is -2.26. The minimum Gasteiger partial charge on any atom is -0.493 e. The third-order valence-corrected chi connectivity index (χ3v) is 6.17. The maximum atomic E-state index is 13.5. The number of esters is 1. The highest BCUT2D eigenvalue weighted by atomic mass is 35.5. The van der Waals surface area contributed by atoms with E-state index in [0.29, 0.717) is 27.8 Å². The van der Waals surface area contributed by atoms with Gasteiger partial charge in [-0.25, -0.2) is 9.78 Å². The quantitative estimate of drug-likeness (QED) is 0.182. The molecule has 2 heterocycles. The van der Waals surface area contributed by atoms with Crippen LogP contribution in [-0.4, -0.2) is 41.7 Å². The van der Waals surface area contributed by atoms with Gasteiger partial charge in [-0.05, 0) is 55.8 Å². The first-order chi connectivity index (χ1) is 18.9. The van der Waals surface area contributed by atoms with Crippen LogP contribution in [0.2, 0.25) is 5.02 Å². The van der Waals surface area contributed by atoms with E-state index in [-0.39, 0.29) is 34.5 Å². The molecule has 0 fully saturated rings. The van der Waals surface area contributed by atoms with Gasteiger partial charge in [0, 0.05) is 5.39 Å². The topological polar surface area (TPSA) is 105 Å². The summed E-state index contributed by atoms with van der Waals surface area (Å²) in [6.45, 7) is 3.50. The number of rotatable bonds is 8. The van der Waals surface area contributed by atoms with Crippen molar-refractivity contribution in [2.45, 2.75) is 20.0 Å². The first-order valence-corrected chi connectivity index (χ1v) is 12.5. The molecule has 1 atom stereocenters. The molecule has 0 saturated carbocycles. The third kappa shape index (κ3) is 5.21. The van der Waals surface area contributed by atoms with Crippen molar-refractivity contribution in [1.29, 1.82) is 0 Å². The molecule has 5 aromatic rings. The molecular weight excluding hydrogens is 522 g/mol. The average Bonchev–Trinajstić information content (AvgIpc) is 3.38. The highest BCUT2D eigenvalue weighted by molar-refractivity contribution is 6.32. The van der Waals surface area contributed by atoms with Crippen molar-refractivity contribution in [3.63, 3.8) is 0 Å². The highest BCUT2D eigenvalue weighted by Crippen LogP contribution is 2.37. The van der Waals surface area contributed by atoms with Crippen molar-refractivity contribution in [2.75, 3.05) is 13.7 Å². The fraction of sp³-hybridized carbons (Fsp3) is 0.172. The van der Waals surface area contributed by atoms with Gasteiger partial charge in [-0.2, -0.15) is 9.78 Å². The van der Waals surface area contributed by atoms with Crippen molar-refractivity contribution in [2.24, 2.45) is 5.10 Å². The Hall–Kier alpha value is -4.63. The zero-order valence-electron chi connectivity index (χ0n) is 21.4. The van der Waals surface area contributed by atoms with Crippen molar-refractivity contribution in [3.8, 4) is 23.1 Å². The molecule has 3 aromatic carbocycles. The van der Waals surface area contributed by atoms with Crippen molar-refractivity contribution < 1.29 is 23.4 Å². The second-order valence-corrected chi connectivity index (χ2v) is 8.92. The Labute approximate surface area is 228 Å². The van der Waals surface area contributed by atoms with E-state index in [1.54, 1.807) is 44.2 Å². The minimum absolute atomic E-state index is 0.185. The summed E-state index contributed by atoms with van der Waals surface area (Å²) in [7, 11) is 1.45. The number of benzene rings is 3. The molecule has 5 rings (SSSR count). The van der Waals surface area contributed by atoms with Gasteiger partial charge >= 0.3 is 5.97 Å². The summed E-state index contributed by atoms with van der Waals surface area (Å²) >= 11 is 6.49. The predicted octanol–water partition coefficient (Wildman–Crippen LogP) is 5.68.